The Labute approximate surface area is 157 Å². The maximum atomic E-state index is 12.1. The number of anilines is 1. The summed E-state index contributed by atoms with van der Waals surface area (Å²) in [5.41, 5.74) is 3.19. The Hall–Kier alpha value is -1.66. The molecule has 6 heteroatoms. The van der Waals surface area contributed by atoms with Crippen LogP contribution in [0.25, 0.3) is 0 Å². The number of aromatic nitrogens is 2. The number of aryl methyl sites for hydroxylation is 1. The molecular formula is C19H25BrN4O. The van der Waals surface area contributed by atoms with Crippen LogP contribution in [0.2, 0.25) is 0 Å². The van der Waals surface area contributed by atoms with Gasteiger partial charge in [-0.15, -0.1) is 0 Å². The number of carbonyl (C=O) groups is 1. The van der Waals surface area contributed by atoms with Gasteiger partial charge in [0.15, 0.2) is 0 Å². The van der Waals surface area contributed by atoms with Crippen LogP contribution in [0, 0.1) is 6.92 Å². The first kappa shape index (κ1) is 18.1. The predicted molar refractivity (Wildman–Crippen MR) is 103 cm³/mol. The number of piperidine rings is 1. The van der Waals surface area contributed by atoms with Gasteiger partial charge in [0.2, 0.25) is 5.91 Å². The highest BCUT2D eigenvalue weighted by atomic mass is 79.9. The topological polar surface area (TPSA) is 50.2 Å². The van der Waals surface area contributed by atoms with Crippen LogP contribution in [0.4, 0.5) is 5.69 Å². The number of nitrogens with zero attached hydrogens (tertiary/aromatic N) is 3. The zero-order chi connectivity index (χ0) is 17.6. The van der Waals surface area contributed by atoms with Crippen molar-refractivity contribution in [3.05, 3.63) is 46.2 Å². The smallest absolute Gasteiger partial charge is 0.226 e. The third-order valence-electron chi connectivity index (χ3n) is 4.69. The van der Waals surface area contributed by atoms with Gasteiger partial charge in [0, 0.05) is 24.3 Å². The highest BCUT2D eigenvalue weighted by Crippen LogP contribution is 2.16. The van der Waals surface area contributed by atoms with Gasteiger partial charge < -0.3 is 5.32 Å². The van der Waals surface area contributed by atoms with Gasteiger partial charge in [-0.05, 0) is 66.5 Å². The molecular weight excluding hydrogens is 380 g/mol. The van der Waals surface area contributed by atoms with Crippen molar-refractivity contribution in [3.63, 3.8) is 0 Å². The Bertz CT molecular complexity index is 705. The summed E-state index contributed by atoms with van der Waals surface area (Å²) < 4.78 is 2.81. The fourth-order valence-corrected chi connectivity index (χ4v) is 3.45. The van der Waals surface area contributed by atoms with Crippen molar-refractivity contribution in [2.45, 2.75) is 45.7 Å². The Morgan fingerprint density at radius 2 is 1.92 bits per heavy atom. The lowest BCUT2D eigenvalue weighted by molar-refractivity contribution is -0.116. The summed E-state index contributed by atoms with van der Waals surface area (Å²) in [7, 11) is 0. The van der Waals surface area contributed by atoms with Crippen molar-refractivity contribution in [2.75, 3.05) is 18.4 Å². The molecule has 25 heavy (non-hydrogen) atoms. The second-order valence-corrected chi connectivity index (χ2v) is 7.49. The maximum Gasteiger partial charge on any atom is 0.226 e. The molecule has 1 aromatic carbocycles. The van der Waals surface area contributed by atoms with Crippen molar-refractivity contribution in [1.29, 1.82) is 0 Å². The summed E-state index contributed by atoms with van der Waals surface area (Å²) in [6.07, 6.45) is 6.14. The van der Waals surface area contributed by atoms with Gasteiger partial charge in [-0.3, -0.25) is 14.4 Å². The molecule has 0 atom stereocenters. The molecule has 5 nitrogen and oxygen atoms in total. The molecule has 1 N–H and O–H groups in total. The van der Waals surface area contributed by atoms with Gasteiger partial charge in [-0.25, -0.2) is 0 Å². The van der Waals surface area contributed by atoms with E-state index in [2.05, 4.69) is 43.4 Å². The lowest BCUT2D eigenvalue weighted by Crippen LogP contribution is -2.29. The van der Waals surface area contributed by atoms with Crippen LogP contribution in [0.3, 0.4) is 0 Å². The van der Waals surface area contributed by atoms with Gasteiger partial charge in [0.05, 0.1) is 17.2 Å². The summed E-state index contributed by atoms with van der Waals surface area (Å²) in [5, 5.41) is 7.21. The summed E-state index contributed by atoms with van der Waals surface area (Å²) in [4.78, 5) is 14.6. The number of nitrogens with one attached hydrogen (secondary N) is 1. The molecule has 1 aliphatic heterocycles. The zero-order valence-corrected chi connectivity index (χ0v) is 16.3. The minimum atomic E-state index is 0.00908. The molecule has 0 aliphatic carbocycles. The fraction of sp³-hybridized carbons (Fsp3) is 0.474. The monoisotopic (exact) mass is 404 g/mol. The molecule has 1 saturated heterocycles. The second-order valence-electron chi connectivity index (χ2n) is 6.63. The third-order valence-corrected chi connectivity index (χ3v) is 5.47. The second kappa shape index (κ2) is 8.63. The number of hydrogen-bond acceptors (Lipinski definition) is 3. The largest absolute Gasteiger partial charge is 0.326 e. The number of rotatable bonds is 6. The molecule has 2 aromatic rings. The van der Waals surface area contributed by atoms with Gasteiger partial charge in [-0.1, -0.05) is 18.6 Å². The van der Waals surface area contributed by atoms with E-state index in [4.69, 9.17) is 0 Å². The number of halogens is 1. The normalized spacial score (nSPS) is 15.3. The van der Waals surface area contributed by atoms with Crippen LogP contribution in [-0.4, -0.2) is 33.7 Å². The average Bonchev–Trinajstić information content (AvgIpc) is 2.94. The van der Waals surface area contributed by atoms with E-state index in [-0.39, 0.29) is 5.91 Å². The van der Waals surface area contributed by atoms with Crippen molar-refractivity contribution in [1.82, 2.24) is 14.7 Å². The predicted octanol–water partition coefficient (Wildman–Crippen LogP) is 3.97. The van der Waals surface area contributed by atoms with Crippen molar-refractivity contribution in [2.24, 2.45) is 0 Å². The lowest BCUT2D eigenvalue weighted by atomic mass is 10.1. The highest BCUT2D eigenvalue weighted by Gasteiger charge is 2.11. The van der Waals surface area contributed by atoms with Gasteiger partial charge >= 0.3 is 0 Å². The maximum absolute atomic E-state index is 12.1. The molecule has 1 fully saturated rings. The molecule has 1 aromatic heterocycles. The molecule has 1 amide bonds. The minimum absolute atomic E-state index is 0.00908. The fourth-order valence-electron chi connectivity index (χ4n) is 3.15. The first-order valence-corrected chi connectivity index (χ1v) is 9.70. The average molecular weight is 405 g/mol. The Kier molecular flexibility index (Phi) is 6.26. The van der Waals surface area contributed by atoms with E-state index in [0.717, 1.165) is 22.4 Å². The molecule has 134 valence electrons. The van der Waals surface area contributed by atoms with Crippen LogP contribution >= 0.6 is 15.9 Å². The number of likely N-dealkylation sites (tertiary alicyclic amines) is 1. The van der Waals surface area contributed by atoms with Crippen LogP contribution in [0.5, 0.6) is 0 Å². The first-order chi connectivity index (χ1) is 12.1. The standard InChI is InChI=1S/C19H25BrN4O/c1-15-18(20)13-21-24(15)12-9-19(25)22-17-7-5-16(6-8-17)14-23-10-3-2-4-11-23/h5-8,13H,2-4,9-12,14H2,1H3,(H,22,25). The zero-order valence-electron chi connectivity index (χ0n) is 14.7. The minimum Gasteiger partial charge on any atom is -0.326 e. The van der Waals surface area contributed by atoms with Gasteiger partial charge in [0.25, 0.3) is 0 Å². The number of amides is 1. The quantitative estimate of drug-likeness (QED) is 0.791. The van der Waals surface area contributed by atoms with E-state index >= 15 is 0 Å². The first-order valence-electron chi connectivity index (χ1n) is 8.91. The van der Waals surface area contributed by atoms with Crippen molar-refractivity contribution < 1.29 is 4.79 Å². The summed E-state index contributed by atoms with van der Waals surface area (Å²) in [6.45, 7) is 5.96. The van der Waals surface area contributed by atoms with Crippen LogP contribution in [0.15, 0.2) is 34.9 Å². The van der Waals surface area contributed by atoms with Gasteiger partial charge in [-0.2, -0.15) is 5.10 Å². The number of carbonyl (C=O) groups excluding carboxylic acids is 1. The van der Waals surface area contributed by atoms with E-state index in [1.165, 1.54) is 37.9 Å². The van der Waals surface area contributed by atoms with Crippen molar-refractivity contribution >= 4 is 27.5 Å². The molecule has 0 spiro atoms. The lowest BCUT2D eigenvalue weighted by Gasteiger charge is -2.26. The summed E-state index contributed by atoms with van der Waals surface area (Å²) in [6, 6.07) is 8.21. The molecule has 0 radical (unpaired) electrons. The molecule has 0 saturated carbocycles. The van der Waals surface area contributed by atoms with E-state index in [1.807, 2.05) is 23.7 Å². The Balaban J connectivity index is 1.47. The van der Waals surface area contributed by atoms with E-state index in [9.17, 15) is 4.79 Å². The molecule has 0 unspecified atom stereocenters. The number of benzene rings is 1. The summed E-state index contributed by atoms with van der Waals surface area (Å²) >= 11 is 3.43. The third kappa shape index (κ3) is 5.16. The van der Waals surface area contributed by atoms with Crippen molar-refractivity contribution in [3.8, 4) is 0 Å². The van der Waals surface area contributed by atoms with E-state index < -0.39 is 0 Å². The Morgan fingerprint density at radius 1 is 1.20 bits per heavy atom. The highest BCUT2D eigenvalue weighted by molar-refractivity contribution is 9.10. The van der Waals surface area contributed by atoms with Crippen LogP contribution < -0.4 is 5.32 Å². The molecule has 0 bridgehead atoms. The molecule has 3 rings (SSSR count). The molecule has 1 aliphatic rings. The van der Waals surface area contributed by atoms with E-state index in [1.54, 1.807) is 6.20 Å². The van der Waals surface area contributed by atoms with Crippen LogP contribution in [0.1, 0.15) is 36.9 Å². The Morgan fingerprint density at radius 3 is 2.56 bits per heavy atom. The van der Waals surface area contributed by atoms with E-state index in [0.29, 0.717) is 13.0 Å². The molecule has 2 heterocycles. The number of hydrogen-bond donors (Lipinski definition) is 1. The van der Waals surface area contributed by atoms with Crippen LogP contribution in [-0.2, 0) is 17.9 Å². The SMILES string of the molecule is Cc1c(Br)cnn1CCC(=O)Nc1ccc(CN2CCCCC2)cc1. The summed E-state index contributed by atoms with van der Waals surface area (Å²) in [5.74, 6) is 0.00908. The van der Waals surface area contributed by atoms with Gasteiger partial charge in [0.1, 0.15) is 0 Å².